The monoisotopic (exact) mass is 419 g/mol. The summed E-state index contributed by atoms with van der Waals surface area (Å²) in [7, 11) is 1.56. The number of rotatable bonds is 9. The molecule has 2 amide bonds. The van der Waals surface area contributed by atoms with Gasteiger partial charge in [-0.05, 0) is 49.4 Å². The Balaban J connectivity index is 1.57. The molecule has 0 spiro atoms. The average Bonchev–Trinajstić information content (AvgIpc) is 2.82. The zero-order valence-corrected chi connectivity index (χ0v) is 17.6. The second-order valence-corrected chi connectivity index (χ2v) is 6.77. The molecule has 0 radical (unpaired) electrons. The molecule has 1 N–H and O–H groups in total. The van der Waals surface area contributed by atoms with Gasteiger partial charge in [0.15, 0.2) is 0 Å². The maximum absolute atomic E-state index is 12.8. The normalized spacial score (nSPS) is 10.3. The molecule has 0 aliphatic carbocycles. The number of ether oxygens (including phenoxy) is 2. The number of hydrogen-bond donors (Lipinski definition) is 1. The van der Waals surface area contributed by atoms with Gasteiger partial charge in [0.25, 0.3) is 5.91 Å². The Labute approximate surface area is 181 Å². The van der Waals surface area contributed by atoms with Crippen molar-refractivity contribution in [3.63, 3.8) is 0 Å². The number of carbonyl (C=O) groups is 2. The van der Waals surface area contributed by atoms with E-state index in [4.69, 9.17) is 9.47 Å². The minimum atomic E-state index is -0.278. The smallest absolute Gasteiger partial charge is 0.254 e. The molecule has 2 aromatic carbocycles. The van der Waals surface area contributed by atoms with Crippen LogP contribution in [-0.2, 0) is 11.4 Å². The summed E-state index contributed by atoms with van der Waals surface area (Å²) in [5.74, 6) is 0.799. The van der Waals surface area contributed by atoms with Gasteiger partial charge in [0, 0.05) is 41.8 Å². The fourth-order valence-electron chi connectivity index (χ4n) is 2.93. The number of methoxy groups -OCH3 is 1. The molecule has 0 saturated carbocycles. The Bertz CT molecular complexity index is 1010. The first-order chi connectivity index (χ1) is 15.1. The van der Waals surface area contributed by atoms with Gasteiger partial charge in [0.05, 0.1) is 7.11 Å². The highest BCUT2D eigenvalue weighted by Crippen LogP contribution is 2.18. The van der Waals surface area contributed by atoms with Crippen molar-refractivity contribution in [1.82, 2.24) is 9.88 Å². The molecule has 1 aromatic heterocycles. The summed E-state index contributed by atoms with van der Waals surface area (Å²) in [6.45, 7) is 2.59. The lowest BCUT2D eigenvalue weighted by Crippen LogP contribution is -2.37. The second kappa shape index (κ2) is 10.8. The third-order valence-corrected chi connectivity index (χ3v) is 4.59. The van der Waals surface area contributed by atoms with Gasteiger partial charge in [-0.25, -0.2) is 0 Å². The van der Waals surface area contributed by atoms with Gasteiger partial charge >= 0.3 is 0 Å². The van der Waals surface area contributed by atoms with Crippen LogP contribution >= 0.6 is 0 Å². The number of nitrogens with one attached hydrogen (secondary N) is 1. The Morgan fingerprint density at radius 1 is 1.03 bits per heavy atom. The molecule has 0 aliphatic heterocycles. The van der Waals surface area contributed by atoms with Gasteiger partial charge in [-0.3, -0.25) is 14.6 Å². The van der Waals surface area contributed by atoms with Gasteiger partial charge in [0.1, 0.15) is 24.7 Å². The minimum Gasteiger partial charge on any atom is -0.497 e. The van der Waals surface area contributed by atoms with Crippen LogP contribution < -0.4 is 14.8 Å². The van der Waals surface area contributed by atoms with Gasteiger partial charge < -0.3 is 19.7 Å². The summed E-state index contributed by atoms with van der Waals surface area (Å²) in [6, 6.07) is 17.7. The molecular weight excluding hydrogens is 394 g/mol. The van der Waals surface area contributed by atoms with E-state index in [0.29, 0.717) is 35.9 Å². The topological polar surface area (TPSA) is 80.8 Å². The molecule has 0 unspecified atom stereocenters. The Morgan fingerprint density at radius 2 is 1.84 bits per heavy atom. The molecule has 0 bridgehead atoms. The number of nitrogens with zero attached hydrogens (tertiary/aromatic N) is 2. The van der Waals surface area contributed by atoms with E-state index in [1.165, 1.54) is 4.90 Å². The Hall–Kier alpha value is -3.87. The van der Waals surface area contributed by atoms with Crippen LogP contribution in [0.4, 0.5) is 5.69 Å². The highest BCUT2D eigenvalue weighted by atomic mass is 16.5. The number of carbonyl (C=O) groups excluding carboxylic acids is 2. The largest absolute Gasteiger partial charge is 0.497 e. The number of likely N-dealkylation sites (N-methyl/N-ethyl adjacent to an activating group) is 1. The number of aromatic nitrogens is 1. The third-order valence-electron chi connectivity index (χ3n) is 4.59. The van der Waals surface area contributed by atoms with Gasteiger partial charge in [-0.15, -0.1) is 0 Å². The van der Waals surface area contributed by atoms with Gasteiger partial charge in [0.2, 0.25) is 5.91 Å². The van der Waals surface area contributed by atoms with Crippen LogP contribution in [0, 0.1) is 0 Å². The minimum absolute atomic E-state index is 0.0498. The molecule has 3 aromatic rings. The van der Waals surface area contributed by atoms with E-state index in [0.717, 1.165) is 5.56 Å². The molecule has 160 valence electrons. The van der Waals surface area contributed by atoms with Crippen LogP contribution in [0.25, 0.3) is 0 Å². The Morgan fingerprint density at radius 3 is 2.52 bits per heavy atom. The lowest BCUT2D eigenvalue weighted by molar-refractivity contribution is -0.116. The number of pyridine rings is 1. The molecule has 1 heterocycles. The zero-order chi connectivity index (χ0) is 22.1. The number of benzene rings is 2. The number of amides is 2. The first-order valence-corrected chi connectivity index (χ1v) is 9.94. The quantitative estimate of drug-likeness (QED) is 0.571. The third kappa shape index (κ3) is 6.30. The van der Waals surface area contributed by atoms with E-state index >= 15 is 0 Å². The van der Waals surface area contributed by atoms with Crippen molar-refractivity contribution in [2.75, 3.05) is 25.5 Å². The summed E-state index contributed by atoms with van der Waals surface area (Å²) < 4.78 is 10.9. The van der Waals surface area contributed by atoms with Crippen molar-refractivity contribution in [2.45, 2.75) is 13.5 Å². The van der Waals surface area contributed by atoms with E-state index in [-0.39, 0.29) is 18.4 Å². The second-order valence-electron chi connectivity index (χ2n) is 6.77. The lowest BCUT2D eigenvalue weighted by Gasteiger charge is -2.20. The van der Waals surface area contributed by atoms with Crippen LogP contribution in [0.15, 0.2) is 73.1 Å². The van der Waals surface area contributed by atoms with Crippen LogP contribution in [-0.4, -0.2) is 41.9 Å². The summed E-state index contributed by atoms with van der Waals surface area (Å²) in [5.41, 5.74) is 2.06. The highest BCUT2D eigenvalue weighted by molar-refractivity contribution is 5.99. The van der Waals surface area contributed by atoms with Crippen LogP contribution in [0.3, 0.4) is 0 Å². The molecule has 7 nitrogen and oxygen atoms in total. The van der Waals surface area contributed by atoms with Gasteiger partial charge in [-0.1, -0.05) is 12.1 Å². The van der Waals surface area contributed by atoms with Crippen molar-refractivity contribution in [2.24, 2.45) is 0 Å². The molecule has 3 rings (SSSR count). The predicted octanol–water partition coefficient (Wildman–Crippen LogP) is 3.77. The van der Waals surface area contributed by atoms with Crippen molar-refractivity contribution in [1.29, 1.82) is 0 Å². The maximum Gasteiger partial charge on any atom is 0.254 e. The summed E-state index contributed by atoms with van der Waals surface area (Å²) in [5, 5.41) is 2.79. The van der Waals surface area contributed by atoms with E-state index in [2.05, 4.69) is 10.3 Å². The molecule has 31 heavy (non-hydrogen) atoms. The average molecular weight is 419 g/mol. The first kappa shape index (κ1) is 21.8. The standard InChI is InChI=1S/C24H25N3O4/c1-3-27(16-23(28)26-20-7-4-8-22(14-20)30-2)24(29)19-9-11-21(12-10-19)31-17-18-6-5-13-25-15-18/h4-15H,3,16-17H2,1-2H3,(H,26,28). The number of hydrogen-bond acceptors (Lipinski definition) is 5. The molecule has 0 atom stereocenters. The fraction of sp³-hybridized carbons (Fsp3) is 0.208. The van der Waals surface area contributed by atoms with Crippen molar-refractivity contribution >= 4 is 17.5 Å². The molecule has 0 fully saturated rings. The number of anilines is 1. The van der Waals surface area contributed by atoms with E-state index in [1.54, 1.807) is 68.0 Å². The van der Waals surface area contributed by atoms with E-state index in [9.17, 15) is 9.59 Å². The SMILES string of the molecule is CCN(CC(=O)Nc1cccc(OC)c1)C(=O)c1ccc(OCc2cccnc2)cc1. The molecular formula is C24H25N3O4. The highest BCUT2D eigenvalue weighted by Gasteiger charge is 2.17. The van der Waals surface area contributed by atoms with Crippen LogP contribution in [0.5, 0.6) is 11.5 Å². The van der Waals surface area contributed by atoms with Gasteiger partial charge in [-0.2, -0.15) is 0 Å². The zero-order valence-electron chi connectivity index (χ0n) is 17.6. The summed E-state index contributed by atoms with van der Waals surface area (Å²) in [4.78, 5) is 30.8. The summed E-state index contributed by atoms with van der Waals surface area (Å²) >= 11 is 0. The van der Waals surface area contributed by atoms with E-state index in [1.807, 2.05) is 19.1 Å². The predicted molar refractivity (Wildman–Crippen MR) is 118 cm³/mol. The first-order valence-electron chi connectivity index (χ1n) is 9.94. The molecule has 0 aliphatic rings. The maximum atomic E-state index is 12.8. The van der Waals surface area contributed by atoms with Crippen molar-refractivity contribution < 1.29 is 19.1 Å². The fourth-order valence-corrected chi connectivity index (χ4v) is 2.93. The van der Waals surface area contributed by atoms with Crippen LogP contribution in [0.1, 0.15) is 22.8 Å². The van der Waals surface area contributed by atoms with Crippen molar-refractivity contribution in [3.8, 4) is 11.5 Å². The summed E-state index contributed by atoms with van der Waals surface area (Å²) in [6.07, 6.45) is 3.45. The molecule has 0 saturated heterocycles. The Kier molecular flexibility index (Phi) is 7.59. The van der Waals surface area contributed by atoms with Crippen LogP contribution in [0.2, 0.25) is 0 Å². The lowest BCUT2D eigenvalue weighted by atomic mass is 10.2. The van der Waals surface area contributed by atoms with E-state index < -0.39 is 0 Å². The molecule has 7 heteroatoms. The van der Waals surface area contributed by atoms with Crippen molar-refractivity contribution in [3.05, 3.63) is 84.2 Å².